The molecule has 0 unspecified atom stereocenters. The van der Waals surface area contributed by atoms with Gasteiger partial charge in [0.2, 0.25) is 0 Å². The number of rotatable bonds is 10. The highest BCUT2D eigenvalue weighted by molar-refractivity contribution is 7.71. The fourth-order valence-corrected chi connectivity index (χ4v) is 4.32. The molecule has 0 spiro atoms. The number of benzene rings is 1. The van der Waals surface area contributed by atoms with Crippen LogP contribution in [0.1, 0.15) is 40.5 Å². The molecule has 2 aromatic rings. The quantitative estimate of drug-likeness (QED) is 0.503. The molecule has 0 amide bonds. The summed E-state index contributed by atoms with van der Waals surface area (Å²) in [6, 6.07) is 8.04. The highest BCUT2D eigenvalue weighted by atomic mass is 32.1. The highest BCUT2D eigenvalue weighted by Crippen LogP contribution is 2.24. The Morgan fingerprint density at radius 3 is 2.37 bits per heavy atom. The minimum absolute atomic E-state index is 0.203. The minimum Gasteiger partial charge on any atom is -0.497 e. The Bertz CT molecular complexity index is 841. The van der Waals surface area contributed by atoms with E-state index < -0.39 is 0 Å². The molecular weight excluding hydrogens is 396 g/mol. The molecule has 0 aliphatic carbocycles. The molecule has 0 saturated carbocycles. The average molecular weight is 433 g/mol. The molecule has 0 radical (unpaired) electrons. The van der Waals surface area contributed by atoms with Crippen LogP contribution in [0.3, 0.4) is 0 Å². The van der Waals surface area contributed by atoms with Gasteiger partial charge in [0.25, 0.3) is 0 Å². The molecule has 1 aromatic heterocycles. The zero-order chi connectivity index (χ0) is 21.7. The first-order valence-corrected chi connectivity index (χ1v) is 11.4. The van der Waals surface area contributed by atoms with Gasteiger partial charge in [-0.25, -0.2) is 4.68 Å². The molecule has 1 aliphatic rings. The highest BCUT2D eigenvalue weighted by Gasteiger charge is 2.22. The standard InChI is InChI=1S/C23H36N4O2S/c1-17(2)13-25(14-18(3)4)16-27-23(30)26(15-21-7-6-12-29-21)22(24-27)19-8-10-20(28-5)11-9-19/h8-11,17-18,21H,6-7,12-16H2,1-5H3/t21-/m1/s1. The van der Waals surface area contributed by atoms with Crippen LogP contribution < -0.4 is 4.74 Å². The average Bonchev–Trinajstić information content (AvgIpc) is 3.31. The van der Waals surface area contributed by atoms with Crippen molar-refractivity contribution in [1.29, 1.82) is 0 Å². The van der Waals surface area contributed by atoms with Gasteiger partial charge in [-0.05, 0) is 61.2 Å². The summed E-state index contributed by atoms with van der Waals surface area (Å²) in [5, 5.41) is 4.97. The van der Waals surface area contributed by atoms with Gasteiger partial charge in [0.05, 0.1) is 26.4 Å². The van der Waals surface area contributed by atoms with E-state index in [0.29, 0.717) is 18.5 Å². The summed E-state index contributed by atoms with van der Waals surface area (Å²) >= 11 is 5.90. The van der Waals surface area contributed by atoms with Crippen LogP contribution in [-0.4, -0.2) is 52.2 Å². The molecule has 3 rings (SSSR count). The van der Waals surface area contributed by atoms with E-state index in [1.165, 1.54) is 0 Å². The van der Waals surface area contributed by atoms with E-state index in [9.17, 15) is 0 Å². The Hall–Kier alpha value is -1.70. The van der Waals surface area contributed by atoms with E-state index in [4.69, 9.17) is 26.8 Å². The molecule has 6 nitrogen and oxygen atoms in total. The lowest BCUT2D eigenvalue weighted by atomic mass is 10.1. The molecule has 0 N–H and O–H groups in total. The van der Waals surface area contributed by atoms with Crippen LogP contribution in [-0.2, 0) is 18.0 Å². The topological polar surface area (TPSA) is 44.5 Å². The van der Waals surface area contributed by atoms with Gasteiger partial charge in [-0.1, -0.05) is 27.7 Å². The Labute approximate surface area is 185 Å². The maximum Gasteiger partial charge on any atom is 0.199 e. The zero-order valence-corrected chi connectivity index (χ0v) is 19.8. The number of methoxy groups -OCH3 is 1. The fraction of sp³-hybridized carbons (Fsp3) is 0.652. The summed E-state index contributed by atoms with van der Waals surface area (Å²) in [6.45, 7) is 13.4. The second-order valence-corrected chi connectivity index (χ2v) is 9.41. The van der Waals surface area contributed by atoms with Crippen LogP contribution in [0.5, 0.6) is 5.75 Å². The smallest absolute Gasteiger partial charge is 0.199 e. The Morgan fingerprint density at radius 2 is 1.83 bits per heavy atom. The lowest BCUT2D eigenvalue weighted by Crippen LogP contribution is -2.33. The lowest BCUT2D eigenvalue weighted by molar-refractivity contribution is 0.0965. The molecule has 1 atom stereocenters. The van der Waals surface area contributed by atoms with Crippen molar-refractivity contribution >= 4 is 12.2 Å². The molecule has 1 aromatic carbocycles. The lowest BCUT2D eigenvalue weighted by Gasteiger charge is -2.25. The molecule has 166 valence electrons. The van der Waals surface area contributed by atoms with Gasteiger partial charge in [-0.2, -0.15) is 5.10 Å². The summed E-state index contributed by atoms with van der Waals surface area (Å²) in [6.07, 6.45) is 2.39. The van der Waals surface area contributed by atoms with Crippen LogP contribution in [0.2, 0.25) is 0 Å². The van der Waals surface area contributed by atoms with E-state index in [1.54, 1.807) is 7.11 Å². The van der Waals surface area contributed by atoms with Crippen LogP contribution in [0.4, 0.5) is 0 Å². The maximum absolute atomic E-state index is 5.90. The van der Waals surface area contributed by atoms with Gasteiger partial charge in [-0.3, -0.25) is 9.47 Å². The largest absolute Gasteiger partial charge is 0.497 e. The summed E-state index contributed by atoms with van der Waals surface area (Å²) in [5.41, 5.74) is 1.04. The van der Waals surface area contributed by atoms with Gasteiger partial charge in [-0.15, -0.1) is 0 Å². The predicted molar refractivity (Wildman–Crippen MR) is 123 cm³/mol. The first kappa shape index (κ1) is 23.0. The van der Waals surface area contributed by atoms with Crippen molar-refractivity contribution in [1.82, 2.24) is 19.2 Å². The zero-order valence-electron chi connectivity index (χ0n) is 19.0. The molecule has 30 heavy (non-hydrogen) atoms. The number of aromatic nitrogens is 3. The van der Waals surface area contributed by atoms with Gasteiger partial charge in [0, 0.05) is 25.3 Å². The van der Waals surface area contributed by atoms with Crippen molar-refractivity contribution in [3.63, 3.8) is 0 Å². The van der Waals surface area contributed by atoms with Crippen molar-refractivity contribution in [2.24, 2.45) is 11.8 Å². The molecule has 0 bridgehead atoms. The molecule has 2 heterocycles. The van der Waals surface area contributed by atoms with Gasteiger partial charge in [0.1, 0.15) is 5.75 Å². The molecule has 7 heteroatoms. The van der Waals surface area contributed by atoms with E-state index >= 15 is 0 Å². The van der Waals surface area contributed by atoms with Crippen molar-refractivity contribution in [2.75, 3.05) is 26.8 Å². The first-order valence-electron chi connectivity index (χ1n) is 11.0. The number of nitrogens with zero attached hydrogens (tertiary/aromatic N) is 4. The third-order valence-corrected chi connectivity index (χ3v) is 5.69. The Kier molecular flexibility index (Phi) is 8.08. The molecule has 1 saturated heterocycles. The van der Waals surface area contributed by atoms with Crippen LogP contribution >= 0.6 is 12.2 Å². The second-order valence-electron chi connectivity index (χ2n) is 9.04. The van der Waals surface area contributed by atoms with E-state index in [2.05, 4.69) is 37.2 Å². The van der Waals surface area contributed by atoms with Gasteiger partial charge >= 0.3 is 0 Å². The first-order chi connectivity index (χ1) is 14.4. The number of ether oxygens (including phenoxy) is 2. The van der Waals surface area contributed by atoms with Gasteiger partial charge in [0.15, 0.2) is 10.6 Å². The van der Waals surface area contributed by atoms with E-state index in [1.807, 2.05) is 28.9 Å². The molecule has 1 aliphatic heterocycles. The van der Waals surface area contributed by atoms with Crippen LogP contribution in [0.25, 0.3) is 11.4 Å². The minimum atomic E-state index is 0.203. The van der Waals surface area contributed by atoms with E-state index in [-0.39, 0.29) is 6.10 Å². The third kappa shape index (κ3) is 5.93. The number of hydrogen-bond acceptors (Lipinski definition) is 5. The summed E-state index contributed by atoms with van der Waals surface area (Å²) in [4.78, 5) is 2.45. The summed E-state index contributed by atoms with van der Waals surface area (Å²) in [5.74, 6) is 2.91. The van der Waals surface area contributed by atoms with Crippen molar-refractivity contribution < 1.29 is 9.47 Å². The third-order valence-electron chi connectivity index (χ3n) is 5.26. The second kappa shape index (κ2) is 10.6. The Morgan fingerprint density at radius 1 is 1.17 bits per heavy atom. The SMILES string of the molecule is COc1ccc(-c2nn(CN(CC(C)C)CC(C)C)c(=S)n2C[C@H]2CCCO2)cc1. The fourth-order valence-electron chi connectivity index (χ4n) is 4.06. The molecular formula is C23H36N4O2S. The van der Waals surface area contributed by atoms with Crippen molar-refractivity contribution in [3.05, 3.63) is 29.0 Å². The molecule has 1 fully saturated rings. The number of hydrogen-bond donors (Lipinski definition) is 0. The Balaban J connectivity index is 1.94. The monoisotopic (exact) mass is 432 g/mol. The maximum atomic E-state index is 5.90. The van der Waals surface area contributed by atoms with E-state index in [0.717, 1.165) is 61.0 Å². The summed E-state index contributed by atoms with van der Waals surface area (Å²) in [7, 11) is 1.68. The van der Waals surface area contributed by atoms with Crippen LogP contribution in [0.15, 0.2) is 24.3 Å². The van der Waals surface area contributed by atoms with Crippen LogP contribution in [0, 0.1) is 16.6 Å². The van der Waals surface area contributed by atoms with Crippen molar-refractivity contribution in [2.45, 2.75) is 59.9 Å². The predicted octanol–water partition coefficient (Wildman–Crippen LogP) is 4.84. The summed E-state index contributed by atoms with van der Waals surface area (Å²) < 4.78 is 16.1. The van der Waals surface area contributed by atoms with Gasteiger partial charge < -0.3 is 9.47 Å². The van der Waals surface area contributed by atoms with Crippen molar-refractivity contribution in [3.8, 4) is 17.1 Å². The normalized spacial score (nSPS) is 16.9.